The maximum Gasteiger partial charge on any atom is 0.0851 e. The lowest BCUT2D eigenvalue weighted by Gasteiger charge is -2.21. The Morgan fingerprint density at radius 1 is 0.548 bits per heavy atom. The van der Waals surface area contributed by atoms with Crippen LogP contribution >= 0.6 is 0 Å². The highest BCUT2D eigenvalue weighted by atomic mass is 16.6. The van der Waals surface area contributed by atoms with Gasteiger partial charge in [-0.05, 0) is 45.5 Å². The molecule has 4 heterocycles. The summed E-state index contributed by atoms with van der Waals surface area (Å²) in [5.41, 5.74) is 22.1. The summed E-state index contributed by atoms with van der Waals surface area (Å²) in [6.45, 7) is 3.28. The maximum atomic E-state index is 6.44. The molecular formula is C25H32N2O4. The van der Waals surface area contributed by atoms with E-state index in [0.29, 0.717) is 0 Å². The number of rotatable bonds is 9. The zero-order valence-corrected chi connectivity index (χ0v) is 17.1. The van der Waals surface area contributed by atoms with E-state index in [1.54, 1.807) is 0 Å². The van der Waals surface area contributed by atoms with Crippen molar-refractivity contribution in [3.05, 3.63) is 46.5 Å². The van der Waals surface area contributed by atoms with Gasteiger partial charge in [-0.25, -0.2) is 0 Å². The highest BCUT2D eigenvalue weighted by molar-refractivity contribution is 5.78. The molecule has 6 nitrogen and oxygen atoms in total. The van der Waals surface area contributed by atoms with Crippen molar-refractivity contribution in [3.63, 3.8) is 0 Å². The molecule has 0 bridgehead atoms. The highest BCUT2D eigenvalue weighted by Crippen LogP contribution is 2.40. The topological polar surface area (TPSA) is 102 Å². The van der Waals surface area contributed by atoms with Crippen molar-refractivity contribution in [1.29, 1.82) is 0 Å². The van der Waals surface area contributed by atoms with E-state index in [4.69, 9.17) is 30.4 Å². The van der Waals surface area contributed by atoms with Gasteiger partial charge in [-0.2, -0.15) is 0 Å². The summed E-state index contributed by atoms with van der Waals surface area (Å²) < 4.78 is 22.2. The van der Waals surface area contributed by atoms with Gasteiger partial charge < -0.3 is 30.4 Å². The van der Waals surface area contributed by atoms with Crippen LogP contribution in [0.25, 0.3) is 11.1 Å². The number of epoxide rings is 4. The van der Waals surface area contributed by atoms with E-state index in [2.05, 4.69) is 12.1 Å². The first-order valence-electron chi connectivity index (χ1n) is 10.9. The molecule has 4 saturated heterocycles. The predicted molar refractivity (Wildman–Crippen MR) is 121 cm³/mol. The molecule has 0 aliphatic carbocycles. The Bertz CT molecular complexity index is 896. The zero-order chi connectivity index (χ0) is 20.2. The van der Waals surface area contributed by atoms with Crippen LogP contribution in [0.15, 0.2) is 24.3 Å². The molecule has 4 unspecified atom stereocenters. The van der Waals surface area contributed by atoms with Gasteiger partial charge in [0, 0.05) is 37.1 Å². The van der Waals surface area contributed by atoms with Crippen LogP contribution in [0.2, 0.25) is 0 Å². The van der Waals surface area contributed by atoms with E-state index >= 15 is 0 Å². The molecule has 2 aromatic carbocycles. The van der Waals surface area contributed by atoms with Crippen LogP contribution in [0.5, 0.6) is 0 Å². The van der Waals surface area contributed by atoms with E-state index in [9.17, 15) is 0 Å². The van der Waals surface area contributed by atoms with Crippen molar-refractivity contribution < 1.29 is 18.9 Å². The van der Waals surface area contributed by atoms with Crippen LogP contribution in [0.3, 0.4) is 0 Å². The smallest absolute Gasteiger partial charge is 0.0851 e. The first-order valence-corrected chi connectivity index (χ1v) is 10.9. The van der Waals surface area contributed by atoms with Crippen LogP contribution in [0.4, 0.5) is 11.4 Å². The SMILES string of the molecule is C.Nc1ccc(-c2ccc(N)c(CC3CO3)c2CC2CO2)c(CC2CO2)c1CC1CO1. The molecule has 2 aromatic rings. The summed E-state index contributed by atoms with van der Waals surface area (Å²) in [4.78, 5) is 0. The third-order valence-electron chi connectivity index (χ3n) is 6.56. The third kappa shape index (κ3) is 4.58. The van der Waals surface area contributed by atoms with Gasteiger partial charge in [0.05, 0.1) is 50.8 Å². The Morgan fingerprint density at radius 2 is 0.839 bits per heavy atom. The minimum absolute atomic E-state index is 0. The van der Waals surface area contributed by atoms with Crippen LogP contribution in [0, 0.1) is 0 Å². The van der Waals surface area contributed by atoms with Gasteiger partial charge in [-0.15, -0.1) is 0 Å². The minimum atomic E-state index is 0. The first-order chi connectivity index (χ1) is 14.7. The number of nitrogens with two attached hydrogens (primary N) is 2. The van der Waals surface area contributed by atoms with Gasteiger partial charge in [-0.3, -0.25) is 0 Å². The number of nitrogen functional groups attached to an aromatic ring is 2. The van der Waals surface area contributed by atoms with Gasteiger partial charge in [0.1, 0.15) is 0 Å². The van der Waals surface area contributed by atoms with Crippen molar-refractivity contribution in [1.82, 2.24) is 0 Å². The fraction of sp³-hybridized carbons (Fsp3) is 0.520. The predicted octanol–water partition coefficient (Wildman–Crippen LogP) is 2.92. The fourth-order valence-electron chi connectivity index (χ4n) is 4.53. The molecule has 0 saturated carbocycles. The molecular weight excluding hydrogens is 392 g/mol. The Morgan fingerprint density at radius 3 is 1.13 bits per heavy atom. The largest absolute Gasteiger partial charge is 0.398 e. The molecule has 0 amide bonds. The van der Waals surface area contributed by atoms with E-state index in [0.717, 1.165) is 63.5 Å². The third-order valence-corrected chi connectivity index (χ3v) is 6.56. The molecule has 4 aliphatic rings. The lowest BCUT2D eigenvalue weighted by molar-refractivity contribution is 0.401. The van der Waals surface area contributed by atoms with Gasteiger partial charge in [-0.1, -0.05) is 19.6 Å². The van der Waals surface area contributed by atoms with Crippen LogP contribution in [-0.2, 0) is 44.6 Å². The van der Waals surface area contributed by atoms with Crippen molar-refractivity contribution >= 4 is 11.4 Å². The highest BCUT2D eigenvalue weighted by Gasteiger charge is 2.33. The minimum Gasteiger partial charge on any atom is -0.398 e. The molecule has 6 rings (SSSR count). The molecule has 0 aromatic heterocycles. The molecule has 4 N–H and O–H groups in total. The Balaban J connectivity index is 0.00000204. The molecule has 6 heteroatoms. The molecule has 0 spiro atoms. The van der Waals surface area contributed by atoms with E-state index in [1.165, 1.54) is 33.4 Å². The normalized spacial score (nSPS) is 27.5. The summed E-state index contributed by atoms with van der Waals surface area (Å²) in [6, 6.07) is 8.43. The second-order valence-electron chi connectivity index (χ2n) is 8.96. The first kappa shape index (κ1) is 20.8. The van der Waals surface area contributed by atoms with Crippen molar-refractivity contribution in [2.45, 2.75) is 57.5 Å². The maximum absolute atomic E-state index is 6.44. The van der Waals surface area contributed by atoms with E-state index < -0.39 is 0 Å². The number of anilines is 2. The average Bonchev–Trinajstić information content (AvgIpc) is 3.54. The van der Waals surface area contributed by atoms with Gasteiger partial charge in [0.25, 0.3) is 0 Å². The van der Waals surface area contributed by atoms with E-state index in [-0.39, 0.29) is 31.8 Å². The molecule has 0 radical (unpaired) electrons. The molecule has 4 atom stereocenters. The Kier molecular flexibility index (Phi) is 5.42. The van der Waals surface area contributed by atoms with Crippen LogP contribution in [0.1, 0.15) is 29.7 Å². The second kappa shape index (κ2) is 8.10. The average molecular weight is 425 g/mol. The fourth-order valence-corrected chi connectivity index (χ4v) is 4.53. The summed E-state index contributed by atoms with van der Waals surface area (Å²) in [5, 5.41) is 0. The lowest BCUT2D eigenvalue weighted by atomic mass is 9.84. The molecule has 31 heavy (non-hydrogen) atoms. The van der Waals surface area contributed by atoms with Gasteiger partial charge in [0.2, 0.25) is 0 Å². The van der Waals surface area contributed by atoms with Crippen LogP contribution in [-0.4, -0.2) is 50.8 Å². The summed E-state index contributed by atoms with van der Waals surface area (Å²) in [6.07, 6.45) is 4.63. The molecule has 166 valence electrons. The number of hydrogen-bond acceptors (Lipinski definition) is 6. The Labute approximate surface area is 183 Å². The standard InChI is InChI=1S/C24H28N2O4.CH4/c25-23-3-1-17(19(5-13-9-27-13)21(23)7-15-11-29-15)18-2-4-24(26)22(8-16-12-30-16)20(18)6-14-10-28-14;/h1-4,13-16H,5-12,25-26H2;1H4. The Hall–Kier alpha value is -2.12. The summed E-state index contributed by atoms with van der Waals surface area (Å²) >= 11 is 0. The van der Waals surface area contributed by atoms with Crippen molar-refractivity contribution in [2.24, 2.45) is 0 Å². The summed E-state index contributed by atoms with van der Waals surface area (Å²) in [5.74, 6) is 0. The number of ether oxygens (including phenoxy) is 4. The number of benzene rings is 2. The zero-order valence-electron chi connectivity index (χ0n) is 17.1. The number of hydrogen-bond donors (Lipinski definition) is 2. The second-order valence-corrected chi connectivity index (χ2v) is 8.96. The molecule has 4 aliphatic heterocycles. The summed E-state index contributed by atoms with van der Waals surface area (Å²) in [7, 11) is 0. The van der Waals surface area contributed by atoms with Crippen molar-refractivity contribution in [3.8, 4) is 11.1 Å². The monoisotopic (exact) mass is 424 g/mol. The van der Waals surface area contributed by atoms with Gasteiger partial charge in [0.15, 0.2) is 0 Å². The van der Waals surface area contributed by atoms with Crippen LogP contribution < -0.4 is 11.5 Å². The van der Waals surface area contributed by atoms with Gasteiger partial charge >= 0.3 is 0 Å². The van der Waals surface area contributed by atoms with Crippen molar-refractivity contribution in [2.75, 3.05) is 37.9 Å². The quantitative estimate of drug-likeness (QED) is 0.474. The van der Waals surface area contributed by atoms with E-state index in [1.807, 2.05) is 12.1 Å². The molecule has 4 fully saturated rings. The lowest BCUT2D eigenvalue weighted by Crippen LogP contribution is -2.11.